The van der Waals surface area contributed by atoms with Gasteiger partial charge in [-0.05, 0) is 30.3 Å². The average Bonchev–Trinajstić information content (AvgIpc) is 2.57. The van der Waals surface area contributed by atoms with Crippen LogP contribution in [0.25, 0.3) is 0 Å². The van der Waals surface area contributed by atoms with Gasteiger partial charge < -0.3 is 5.32 Å². The molecule has 12 heteroatoms. The smallest absolute Gasteiger partial charge is 0.322 e. The lowest BCUT2D eigenvalue weighted by Crippen LogP contribution is -2.35. The van der Waals surface area contributed by atoms with Gasteiger partial charge in [0.05, 0.1) is 37.8 Å². The van der Waals surface area contributed by atoms with Gasteiger partial charge in [0.25, 0.3) is 0 Å². The molecule has 0 aliphatic heterocycles. The Morgan fingerprint density at radius 1 is 1.07 bits per heavy atom. The molecule has 152 valence electrons. The van der Waals surface area contributed by atoms with Gasteiger partial charge in [-0.15, -0.1) is 0 Å². The lowest BCUT2D eigenvalue weighted by molar-refractivity contribution is -0.137. The Balaban J connectivity index is 2.24. The van der Waals surface area contributed by atoms with Crippen molar-refractivity contribution < 1.29 is 26.4 Å². The molecule has 0 atom stereocenters. The minimum absolute atomic E-state index is 0.0903. The molecule has 0 saturated heterocycles. The molecule has 5 nitrogen and oxygen atoms in total. The second kappa shape index (κ2) is 8.46. The largest absolute Gasteiger partial charge is 0.417 e. The van der Waals surface area contributed by atoms with Crippen LogP contribution in [0.15, 0.2) is 41.3 Å². The monoisotopic (exact) mass is 474 g/mol. The Labute approximate surface area is 174 Å². The van der Waals surface area contributed by atoms with Crippen molar-refractivity contribution in [3.05, 3.63) is 57.0 Å². The molecule has 0 saturated carbocycles. The molecule has 0 fully saturated rings. The summed E-state index contributed by atoms with van der Waals surface area (Å²) in [5, 5.41) is 2.00. The van der Waals surface area contributed by atoms with Gasteiger partial charge in [-0.25, -0.2) is 8.42 Å². The minimum Gasteiger partial charge on any atom is -0.322 e. The van der Waals surface area contributed by atoms with Crippen molar-refractivity contribution in [3.63, 3.8) is 0 Å². The number of anilines is 1. The lowest BCUT2D eigenvalue weighted by atomic mass is 10.2. The van der Waals surface area contributed by atoms with Crippen LogP contribution in [0.2, 0.25) is 15.1 Å². The maximum absolute atomic E-state index is 13.0. The third kappa shape index (κ3) is 5.09. The summed E-state index contributed by atoms with van der Waals surface area (Å²) < 4.78 is 64.5. The van der Waals surface area contributed by atoms with E-state index >= 15 is 0 Å². The molecule has 0 bridgehead atoms. The van der Waals surface area contributed by atoms with Gasteiger partial charge in [0.15, 0.2) is 0 Å². The van der Waals surface area contributed by atoms with E-state index in [4.69, 9.17) is 34.8 Å². The maximum Gasteiger partial charge on any atom is 0.417 e. The number of hydrogen-bond donors (Lipinski definition) is 1. The number of para-hydroxylation sites is 1. The number of nitrogens with zero attached hydrogens (tertiary/aromatic N) is 1. The molecule has 2 aromatic carbocycles. The first-order chi connectivity index (χ1) is 12.8. The molecule has 2 rings (SSSR count). The van der Waals surface area contributed by atoms with Gasteiger partial charge in [-0.2, -0.15) is 17.5 Å². The second-order valence-corrected chi connectivity index (χ2v) is 8.81. The number of hydrogen-bond acceptors (Lipinski definition) is 3. The predicted molar refractivity (Wildman–Crippen MR) is 101 cm³/mol. The molecule has 1 amide bonds. The van der Waals surface area contributed by atoms with Crippen molar-refractivity contribution >= 4 is 56.4 Å². The van der Waals surface area contributed by atoms with E-state index in [1.807, 2.05) is 0 Å². The minimum atomic E-state index is -4.83. The molecule has 28 heavy (non-hydrogen) atoms. The van der Waals surface area contributed by atoms with E-state index in [0.29, 0.717) is 10.4 Å². The van der Waals surface area contributed by atoms with Crippen molar-refractivity contribution in [3.8, 4) is 0 Å². The van der Waals surface area contributed by atoms with Crippen LogP contribution in [0, 0.1) is 0 Å². The first-order valence-corrected chi connectivity index (χ1v) is 9.98. The topological polar surface area (TPSA) is 66.5 Å². The first kappa shape index (κ1) is 22.8. The van der Waals surface area contributed by atoms with Gasteiger partial charge in [0.2, 0.25) is 15.9 Å². The van der Waals surface area contributed by atoms with Crippen molar-refractivity contribution in [2.45, 2.75) is 11.1 Å². The van der Waals surface area contributed by atoms with Crippen LogP contribution in [0.1, 0.15) is 5.56 Å². The van der Waals surface area contributed by atoms with E-state index in [-0.39, 0.29) is 15.7 Å². The summed E-state index contributed by atoms with van der Waals surface area (Å²) in [7, 11) is -3.35. The quantitative estimate of drug-likeness (QED) is 0.667. The number of rotatable bonds is 5. The number of likely N-dealkylation sites (N-methyl/N-ethyl adjacent to an activating group) is 1. The van der Waals surface area contributed by atoms with Crippen molar-refractivity contribution in [1.82, 2.24) is 4.31 Å². The van der Waals surface area contributed by atoms with E-state index in [2.05, 4.69) is 5.32 Å². The van der Waals surface area contributed by atoms with Crippen LogP contribution in [-0.2, 0) is 21.0 Å². The Morgan fingerprint density at radius 2 is 1.64 bits per heavy atom. The summed E-state index contributed by atoms with van der Waals surface area (Å²) in [5.74, 6) is -0.786. The fourth-order valence-electron chi connectivity index (χ4n) is 2.15. The molecule has 0 radical (unpaired) electrons. The average molecular weight is 476 g/mol. The summed E-state index contributed by atoms with van der Waals surface area (Å²) in [6.07, 6.45) is -4.83. The number of nitrogens with one attached hydrogen (secondary N) is 1. The van der Waals surface area contributed by atoms with Crippen LogP contribution >= 0.6 is 34.8 Å². The number of halogens is 6. The lowest BCUT2D eigenvalue weighted by Gasteiger charge is -2.18. The third-order valence-corrected chi connectivity index (χ3v) is 6.30. The Kier molecular flexibility index (Phi) is 6.88. The highest BCUT2D eigenvalue weighted by atomic mass is 35.5. The highest BCUT2D eigenvalue weighted by Crippen LogP contribution is 2.36. The standard InChI is InChI=1S/C16H12Cl3F3N2O3S/c1-24(8-14(25)23-15-12(18)3-2-4-13(15)19)28(26,27)9-5-6-11(17)10(7-9)16(20,21)22/h2-7H,8H2,1H3,(H,23,25). The van der Waals surface area contributed by atoms with E-state index in [1.165, 1.54) is 12.1 Å². The van der Waals surface area contributed by atoms with Gasteiger partial charge in [0.1, 0.15) is 0 Å². The number of carbonyl (C=O) groups excluding carboxylic acids is 1. The molecule has 1 N–H and O–H groups in total. The zero-order valence-electron chi connectivity index (χ0n) is 14.0. The van der Waals surface area contributed by atoms with Crippen LogP contribution in [0.4, 0.5) is 18.9 Å². The van der Waals surface area contributed by atoms with Gasteiger partial charge in [-0.1, -0.05) is 40.9 Å². The maximum atomic E-state index is 13.0. The number of amides is 1. The van der Waals surface area contributed by atoms with Gasteiger partial charge >= 0.3 is 6.18 Å². The second-order valence-electron chi connectivity index (χ2n) is 5.55. The Morgan fingerprint density at radius 3 is 2.18 bits per heavy atom. The molecule has 0 unspecified atom stereocenters. The molecule has 0 aliphatic carbocycles. The normalized spacial score (nSPS) is 12.3. The summed E-state index contributed by atoms with van der Waals surface area (Å²) in [5.41, 5.74) is -1.21. The zero-order chi connectivity index (χ0) is 21.3. The molecule has 0 spiro atoms. The molecule has 0 aliphatic rings. The predicted octanol–water partition coefficient (Wildman–Crippen LogP) is 4.92. The Hall–Kier alpha value is -1.52. The highest BCUT2D eigenvalue weighted by Gasteiger charge is 2.35. The van der Waals surface area contributed by atoms with Gasteiger partial charge in [-0.3, -0.25) is 4.79 Å². The molecule has 0 heterocycles. The van der Waals surface area contributed by atoms with Crippen LogP contribution in [-0.4, -0.2) is 32.2 Å². The molecular weight excluding hydrogens is 464 g/mol. The molecule has 2 aromatic rings. The molecular formula is C16H12Cl3F3N2O3S. The summed E-state index contributed by atoms with van der Waals surface area (Å²) in [4.78, 5) is 11.5. The third-order valence-electron chi connectivity index (χ3n) is 3.54. The highest BCUT2D eigenvalue weighted by molar-refractivity contribution is 7.89. The van der Waals surface area contributed by atoms with E-state index in [0.717, 1.165) is 19.2 Å². The fourth-order valence-corrected chi connectivity index (χ4v) is 4.02. The van der Waals surface area contributed by atoms with E-state index in [1.54, 1.807) is 6.07 Å². The SMILES string of the molecule is CN(CC(=O)Nc1c(Cl)cccc1Cl)S(=O)(=O)c1ccc(Cl)c(C(F)(F)F)c1. The van der Waals surface area contributed by atoms with Gasteiger partial charge in [0, 0.05) is 7.05 Å². The number of sulfonamides is 1. The molecule has 0 aromatic heterocycles. The Bertz CT molecular complexity index is 994. The number of alkyl halides is 3. The summed E-state index contributed by atoms with van der Waals surface area (Å²) in [6.45, 7) is -0.687. The first-order valence-electron chi connectivity index (χ1n) is 7.41. The summed E-state index contributed by atoms with van der Waals surface area (Å²) in [6, 6.07) is 6.65. The fraction of sp³-hybridized carbons (Fsp3) is 0.188. The number of carbonyl (C=O) groups is 1. The van der Waals surface area contributed by atoms with E-state index < -0.39 is 44.1 Å². The van der Waals surface area contributed by atoms with Crippen molar-refractivity contribution in [2.75, 3.05) is 18.9 Å². The van der Waals surface area contributed by atoms with Crippen molar-refractivity contribution in [2.24, 2.45) is 0 Å². The van der Waals surface area contributed by atoms with Crippen molar-refractivity contribution in [1.29, 1.82) is 0 Å². The van der Waals surface area contributed by atoms with Crippen LogP contribution in [0.5, 0.6) is 0 Å². The number of benzene rings is 2. The zero-order valence-corrected chi connectivity index (χ0v) is 17.1. The summed E-state index contributed by atoms with van der Waals surface area (Å²) >= 11 is 17.3. The van der Waals surface area contributed by atoms with E-state index in [9.17, 15) is 26.4 Å². The van der Waals surface area contributed by atoms with Crippen LogP contribution in [0.3, 0.4) is 0 Å². The van der Waals surface area contributed by atoms with Crippen LogP contribution < -0.4 is 5.32 Å².